The van der Waals surface area contributed by atoms with Crippen LogP contribution in [0.15, 0.2) is 65.7 Å². The predicted molar refractivity (Wildman–Crippen MR) is 116 cm³/mol. The van der Waals surface area contributed by atoms with Crippen LogP contribution in [0.4, 0.5) is 0 Å². The number of carbonyl (C=O) groups is 1. The Morgan fingerprint density at radius 1 is 1.07 bits per heavy atom. The molecule has 28 heavy (non-hydrogen) atoms. The van der Waals surface area contributed by atoms with Crippen molar-refractivity contribution in [1.29, 1.82) is 0 Å². The number of nitrogens with zero attached hydrogens (tertiary/aromatic N) is 2. The zero-order valence-corrected chi connectivity index (χ0v) is 16.7. The van der Waals surface area contributed by atoms with Crippen molar-refractivity contribution in [3.8, 4) is 0 Å². The predicted octanol–water partition coefficient (Wildman–Crippen LogP) is 3.43. The van der Waals surface area contributed by atoms with E-state index >= 15 is 0 Å². The Morgan fingerprint density at radius 2 is 1.79 bits per heavy atom. The summed E-state index contributed by atoms with van der Waals surface area (Å²) in [4.78, 5) is 18.8. The number of rotatable bonds is 5. The zero-order valence-electron chi connectivity index (χ0n) is 16.0. The van der Waals surface area contributed by atoms with Gasteiger partial charge in [0.1, 0.15) is 0 Å². The van der Waals surface area contributed by atoms with Gasteiger partial charge in [-0.15, -0.1) is 0 Å². The Bertz CT molecular complexity index is 864. The lowest BCUT2D eigenvalue weighted by molar-refractivity contribution is 0.0954. The first-order valence-corrected chi connectivity index (χ1v) is 9.79. The Morgan fingerprint density at radius 3 is 2.46 bits per heavy atom. The van der Waals surface area contributed by atoms with E-state index in [0.29, 0.717) is 23.7 Å². The lowest BCUT2D eigenvalue weighted by Gasteiger charge is -2.29. The van der Waals surface area contributed by atoms with E-state index in [1.165, 1.54) is 11.1 Å². The van der Waals surface area contributed by atoms with Gasteiger partial charge in [0, 0.05) is 33.2 Å². The van der Waals surface area contributed by atoms with Crippen molar-refractivity contribution in [2.75, 3.05) is 33.2 Å². The summed E-state index contributed by atoms with van der Waals surface area (Å²) in [7, 11) is 1.78. The van der Waals surface area contributed by atoms with E-state index < -0.39 is 0 Å². The summed E-state index contributed by atoms with van der Waals surface area (Å²) in [5, 5.41) is 6.65. The molecule has 2 N–H and O–H groups in total. The van der Waals surface area contributed by atoms with Gasteiger partial charge in [-0.3, -0.25) is 9.79 Å². The highest BCUT2D eigenvalue weighted by Gasteiger charge is 2.16. The van der Waals surface area contributed by atoms with Crippen molar-refractivity contribution in [3.63, 3.8) is 0 Å². The van der Waals surface area contributed by atoms with Crippen LogP contribution >= 0.6 is 11.6 Å². The molecule has 0 aliphatic carbocycles. The summed E-state index contributed by atoms with van der Waals surface area (Å²) in [6.07, 6.45) is 3.23. The van der Waals surface area contributed by atoms with Crippen molar-refractivity contribution < 1.29 is 4.79 Å². The van der Waals surface area contributed by atoms with Crippen LogP contribution in [0, 0.1) is 0 Å². The highest BCUT2D eigenvalue weighted by atomic mass is 35.5. The van der Waals surface area contributed by atoms with Gasteiger partial charge in [-0.1, -0.05) is 60.1 Å². The Hall–Kier alpha value is -2.79. The quantitative estimate of drug-likeness (QED) is 0.462. The van der Waals surface area contributed by atoms with Crippen molar-refractivity contribution >= 4 is 29.0 Å². The summed E-state index contributed by atoms with van der Waals surface area (Å²) in [5.74, 6) is 0.672. The zero-order chi connectivity index (χ0) is 19.8. The fraction of sp³-hybridized carbons (Fsp3) is 0.273. The third-order valence-electron chi connectivity index (χ3n) is 4.68. The minimum atomic E-state index is -0.171. The summed E-state index contributed by atoms with van der Waals surface area (Å²) >= 11 is 6.05. The molecule has 0 bridgehead atoms. The molecule has 6 heteroatoms. The number of nitrogens with one attached hydrogen (secondary N) is 2. The lowest BCUT2D eigenvalue weighted by atomic mass is 10.00. The molecule has 1 amide bonds. The number of benzene rings is 2. The normalized spacial score (nSPS) is 14.4. The van der Waals surface area contributed by atoms with E-state index in [4.69, 9.17) is 11.6 Å². The van der Waals surface area contributed by atoms with Crippen molar-refractivity contribution in [2.45, 2.75) is 6.42 Å². The molecule has 5 nitrogen and oxygen atoms in total. The van der Waals surface area contributed by atoms with Gasteiger partial charge in [-0.05, 0) is 29.7 Å². The van der Waals surface area contributed by atoms with Crippen molar-refractivity contribution in [3.05, 3.63) is 76.8 Å². The summed E-state index contributed by atoms with van der Waals surface area (Å²) in [6, 6.07) is 17.5. The Kier molecular flexibility index (Phi) is 7.09. The van der Waals surface area contributed by atoms with Crippen LogP contribution in [0.5, 0.6) is 0 Å². The Labute approximate surface area is 171 Å². The van der Waals surface area contributed by atoms with Gasteiger partial charge < -0.3 is 15.5 Å². The smallest absolute Gasteiger partial charge is 0.252 e. The maximum atomic E-state index is 12.2. The topological polar surface area (TPSA) is 56.7 Å². The molecule has 0 spiro atoms. The average Bonchev–Trinajstić information content (AvgIpc) is 2.75. The van der Waals surface area contributed by atoms with Crippen LogP contribution in [-0.4, -0.2) is 50.0 Å². The summed E-state index contributed by atoms with van der Waals surface area (Å²) in [5.41, 5.74) is 3.15. The minimum absolute atomic E-state index is 0.171. The van der Waals surface area contributed by atoms with Crippen LogP contribution in [0.3, 0.4) is 0 Å². The van der Waals surface area contributed by atoms with E-state index in [-0.39, 0.29) is 5.91 Å². The average molecular weight is 397 g/mol. The highest BCUT2D eigenvalue weighted by Crippen LogP contribution is 2.21. The van der Waals surface area contributed by atoms with Crippen molar-refractivity contribution in [2.24, 2.45) is 4.99 Å². The van der Waals surface area contributed by atoms with E-state index in [0.717, 1.165) is 25.5 Å². The molecule has 0 atom stereocenters. The molecule has 1 aliphatic heterocycles. The first-order valence-electron chi connectivity index (χ1n) is 9.42. The molecule has 1 aliphatic rings. The van der Waals surface area contributed by atoms with Gasteiger partial charge in [0.15, 0.2) is 5.96 Å². The minimum Gasteiger partial charge on any atom is -0.354 e. The van der Waals surface area contributed by atoms with Crippen LogP contribution < -0.4 is 10.6 Å². The molecule has 0 saturated heterocycles. The van der Waals surface area contributed by atoms with Crippen LogP contribution in [0.2, 0.25) is 5.02 Å². The third-order valence-corrected chi connectivity index (χ3v) is 5.01. The molecule has 0 fully saturated rings. The maximum absolute atomic E-state index is 12.2. The number of guanidine groups is 1. The molecular formula is C22H25ClN4O. The highest BCUT2D eigenvalue weighted by molar-refractivity contribution is 6.33. The molecule has 1 heterocycles. The SMILES string of the molecule is CN=C(NCCNC(=O)c1ccccc1Cl)N1CC=C(c2ccccc2)CC1. The first-order chi connectivity index (χ1) is 13.7. The first kappa shape index (κ1) is 20.0. The monoisotopic (exact) mass is 396 g/mol. The summed E-state index contributed by atoms with van der Waals surface area (Å²) in [6.45, 7) is 2.80. The van der Waals surface area contributed by atoms with Gasteiger partial charge in [0.2, 0.25) is 0 Å². The number of halogens is 1. The number of aliphatic imine (C=N–C) groups is 1. The maximum Gasteiger partial charge on any atom is 0.252 e. The van der Waals surface area contributed by atoms with E-state index in [2.05, 4.69) is 50.9 Å². The second kappa shape index (κ2) is 9.95. The molecule has 0 radical (unpaired) electrons. The van der Waals surface area contributed by atoms with Crippen LogP contribution in [-0.2, 0) is 0 Å². The molecular weight excluding hydrogens is 372 g/mol. The van der Waals surface area contributed by atoms with Crippen molar-refractivity contribution in [1.82, 2.24) is 15.5 Å². The molecule has 2 aromatic rings. The molecule has 3 rings (SSSR count). The molecule has 0 saturated carbocycles. The number of hydrogen-bond acceptors (Lipinski definition) is 2. The van der Waals surface area contributed by atoms with E-state index in [1.54, 1.807) is 31.3 Å². The standard InChI is InChI=1S/C22H25ClN4O/c1-24-22(26-14-13-25-21(28)19-9-5-6-10-20(19)23)27-15-11-18(12-16-27)17-7-3-2-4-8-17/h2-11H,12-16H2,1H3,(H,24,26)(H,25,28). The Balaban J connectivity index is 1.46. The fourth-order valence-electron chi connectivity index (χ4n) is 3.20. The second-order valence-electron chi connectivity index (χ2n) is 6.50. The van der Waals surface area contributed by atoms with E-state index in [9.17, 15) is 4.79 Å². The van der Waals surface area contributed by atoms with E-state index in [1.807, 2.05) is 6.07 Å². The number of hydrogen-bond donors (Lipinski definition) is 2. The molecule has 0 aromatic heterocycles. The molecule has 2 aromatic carbocycles. The van der Waals surface area contributed by atoms with Gasteiger partial charge in [-0.25, -0.2) is 0 Å². The lowest BCUT2D eigenvalue weighted by Crippen LogP contribution is -2.45. The van der Waals surface area contributed by atoms with Gasteiger partial charge in [-0.2, -0.15) is 0 Å². The number of amides is 1. The summed E-state index contributed by atoms with van der Waals surface area (Å²) < 4.78 is 0. The van der Waals surface area contributed by atoms with Gasteiger partial charge in [0.25, 0.3) is 5.91 Å². The van der Waals surface area contributed by atoms with Gasteiger partial charge in [0.05, 0.1) is 10.6 Å². The fourth-order valence-corrected chi connectivity index (χ4v) is 3.42. The van der Waals surface area contributed by atoms with Crippen LogP contribution in [0.1, 0.15) is 22.3 Å². The third kappa shape index (κ3) is 5.14. The second-order valence-corrected chi connectivity index (χ2v) is 6.91. The molecule has 0 unspecified atom stereocenters. The van der Waals surface area contributed by atoms with Crippen LogP contribution in [0.25, 0.3) is 5.57 Å². The number of carbonyl (C=O) groups excluding carboxylic acids is 1. The largest absolute Gasteiger partial charge is 0.354 e. The van der Waals surface area contributed by atoms with Gasteiger partial charge >= 0.3 is 0 Å². The molecule has 146 valence electrons.